The predicted molar refractivity (Wildman–Crippen MR) is 125 cm³/mol. The molecular formula is C26H35N3O. The molecule has 0 bridgehead atoms. The minimum Gasteiger partial charge on any atom is -0.356 e. The van der Waals surface area contributed by atoms with E-state index in [4.69, 9.17) is 4.98 Å². The SMILES string of the molecule is CCCCCCn1c(CCCCCNC(=O)Cc2ccccc2)nc2ccccc21. The minimum absolute atomic E-state index is 0.107. The molecule has 30 heavy (non-hydrogen) atoms. The van der Waals surface area contributed by atoms with Crippen LogP contribution in [0.2, 0.25) is 0 Å². The van der Waals surface area contributed by atoms with Crippen molar-refractivity contribution in [2.75, 3.05) is 6.54 Å². The highest BCUT2D eigenvalue weighted by atomic mass is 16.1. The van der Waals surface area contributed by atoms with E-state index in [0.717, 1.165) is 49.9 Å². The maximum atomic E-state index is 12.0. The van der Waals surface area contributed by atoms with Crippen LogP contribution >= 0.6 is 0 Å². The number of aryl methyl sites for hydroxylation is 2. The summed E-state index contributed by atoms with van der Waals surface area (Å²) in [6.07, 6.45) is 9.75. The van der Waals surface area contributed by atoms with Crippen LogP contribution in [0.3, 0.4) is 0 Å². The highest BCUT2D eigenvalue weighted by Gasteiger charge is 2.10. The number of benzene rings is 2. The largest absolute Gasteiger partial charge is 0.356 e. The van der Waals surface area contributed by atoms with E-state index in [2.05, 4.69) is 41.1 Å². The second kappa shape index (κ2) is 12.2. The Hall–Kier alpha value is -2.62. The molecule has 1 heterocycles. The summed E-state index contributed by atoms with van der Waals surface area (Å²) in [6, 6.07) is 18.4. The van der Waals surface area contributed by atoms with Gasteiger partial charge in [-0.2, -0.15) is 0 Å². The van der Waals surface area contributed by atoms with Crippen molar-refractivity contribution >= 4 is 16.9 Å². The number of rotatable bonds is 13. The van der Waals surface area contributed by atoms with Crippen LogP contribution in [0.4, 0.5) is 0 Å². The predicted octanol–water partition coefficient (Wildman–Crippen LogP) is 5.69. The van der Waals surface area contributed by atoms with Crippen LogP contribution in [0.25, 0.3) is 11.0 Å². The molecule has 2 aromatic carbocycles. The molecule has 0 unspecified atom stereocenters. The van der Waals surface area contributed by atoms with Gasteiger partial charge in [0.25, 0.3) is 0 Å². The Morgan fingerprint density at radius 1 is 0.900 bits per heavy atom. The summed E-state index contributed by atoms with van der Waals surface area (Å²) < 4.78 is 2.42. The van der Waals surface area contributed by atoms with Crippen LogP contribution in [0.15, 0.2) is 54.6 Å². The normalized spacial score (nSPS) is 11.1. The summed E-state index contributed by atoms with van der Waals surface area (Å²) >= 11 is 0. The first-order valence-electron chi connectivity index (χ1n) is 11.5. The van der Waals surface area contributed by atoms with Gasteiger partial charge in [-0.1, -0.05) is 75.1 Å². The first kappa shape index (κ1) is 22.1. The molecule has 3 rings (SSSR count). The number of unbranched alkanes of at least 4 members (excludes halogenated alkanes) is 5. The van der Waals surface area contributed by atoms with E-state index < -0.39 is 0 Å². The minimum atomic E-state index is 0.107. The summed E-state index contributed by atoms with van der Waals surface area (Å²) in [7, 11) is 0. The zero-order valence-corrected chi connectivity index (χ0v) is 18.3. The molecule has 0 fully saturated rings. The molecule has 0 spiro atoms. The second-order valence-corrected chi connectivity index (χ2v) is 8.05. The van der Waals surface area contributed by atoms with Crippen molar-refractivity contribution in [2.24, 2.45) is 0 Å². The van der Waals surface area contributed by atoms with Crippen molar-refractivity contribution < 1.29 is 4.79 Å². The number of fused-ring (bicyclic) bond motifs is 1. The first-order valence-corrected chi connectivity index (χ1v) is 11.5. The number of hydrogen-bond acceptors (Lipinski definition) is 2. The lowest BCUT2D eigenvalue weighted by atomic mass is 10.1. The number of amides is 1. The standard InChI is InChI=1S/C26H35N3O/c1-2-3-4-13-20-29-24-17-11-10-16-23(24)28-25(29)18-9-6-12-19-27-26(30)21-22-14-7-5-8-15-22/h5,7-8,10-11,14-17H,2-4,6,9,12-13,18-21H2,1H3,(H,27,30). The third-order valence-electron chi connectivity index (χ3n) is 5.58. The number of imidazole rings is 1. The highest BCUT2D eigenvalue weighted by Crippen LogP contribution is 2.19. The van der Waals surface area contributed by atoms with E-state index in [1.54, 1.807) is 0 Å². The smallest absolute Gasteiger partial charge is 0.224 e. The van der Waals surface area contributed by atoms with Gasteiger partial charge in [-0.15, -0.1) is 0 Å². The molecule has 0 aliphatic rings. The zero-order chi connectivity index (χ0) is 21.0. The summed E-state index contributed by atoms with van der Waals surface area (Å²) in [5.41, 5.74) is 3.43. The number of nitrogens with one attached hydrogen (secondary N) is 1. The molecule has 160 valence electrons. The number of para-hydroxylation sites is 2. The van der Waals surface area contributed by atoms with Gasteiger partial charge in [0, 0.05) is 19.5 Å². The van der Waals surface area contributed by atoms with Gasteiger partial charge in [0.15, 0.2) is 0 Å². The topological polar surface area (TPSA) is 46.9 Å². The van der Waals surface area contributed by atoms with Crippen LogP contribution in [0.1, 0.15) is 63.3 Å². The van der Waals surface area contributed by atoms with E-state index in [-0.39, 0.29) is 5.91 Å². The van der Waals surface area contributed by atoms with Gasteiger partial charge in [-0.25, -0.2) is 4.98 Å². The molecule has 1 aromatic heterocycles. The van der Waals surface area contributed by atoms with Gasteiger partial charge in [0.1, 0.15) is 5.82 Å². The fourth-order valence-electron chi connectivity index (χ4n) is 3.92. The quantitative estimate of drug-likeness (QED) is 0.371. The van der Waals surface area contributed by atoms with Crippen molar-refractivity contribution in [3.63, 3.8) is 0 Å². The van der Waals surface area contributed by atoms with Crippen molar-refractivity contribution in [3.05, 3.63) is 66.0 Å². The molecule has 4 heteroatoms. The highest BCUT2D eigenvalue weighted by molar-refractivity contribution is 5.78. The Morgan fingerprint density at radius 3 is 2.50 bits per heavy atom. The van der Waals surface area contributed by atoms with Crippen LogP contribution in [-0.2, 0) is 24.2 Å². The second-order valence-electron chi connectivity index (χ2n) is 8.05. The molecule has 4 nitrogen and oxygen atoms in total. The van der Waals surface area contributed by atoms with Gasteiger partial charge in [-0.3, -0.25) is 4.79 Å². The van der Waals surface area contributed by atoms with Crippen molar-refractivity contribution in [2.45, 2.75) is 71.3 Å². The molecule has 3 aromatic rings. The summed E-state index contributed by atoms with van der Waals surface area (Å²) in [5.74, 6) is 1.32. The molecule has 0 aliphatic heterocycles. The first-order chi connectivity index (χ1) is 14.8. The Morgan fingerprint density at radius 2 is 1.67 bits per heavy atom. The number of aromatic nitrogens is 2. The van der Waals surface area contributed by atoms with E-state index in [0.29, 0.717) is 6.42 Å². The average Bonchev–Trinajstić information content (AvgIpc) is 3.12. The number of hydrogen-bond donors (Lipinski definition) is 1. The lowest BCUT2D eigenvalue weighted by Gasteiger charge is -2.09. The third kappa shape index (κ3) is 6.72. The molecular weight excluding hydrogens is 370 g/mol. The lowest BCUT2D eigenvalue weighted by molar-refractivity contribution is -0.120. The van der Waals surface area contributed by atoms with Gasteiger partial charge in [0.2, 0.25) is 5.91 Å². The van der Waals surface area contributed by atoms with Gasteiger partial charge in [-0.05, 0) is 37.0 Å². The van der Waals surface area contributed by atoms with Crippen molar-refractivity contribution in [3.8, 4) is 0 Å². The fraction of sp³-hybridized carbons (Fsp3) is 0.462. The van der Waals surface area contributed by atoms with Crippen LogP contribution in [-0.4, -0.2) is 22.0 Å². The zero-order valence-electron chi connectivity index (χ0n) is 18.3. The Labute approximate surface area is 180 Å². The van der Waals surface area contributed by atoms with Gasteiger partial charge in [0.05, 0.1) is 17.5 Å². The maximum Gasteiger partial charge on any atom is 0.224 e. The molecule has 0 saturated heterocycles. The van der Waals surface area contributed by atoms with E-state index in [1.807, 2.05) is 30.3 Å². The van der Waals surface area contributed by atoms with Crippen LogP contribution in [0, 0.1) is 0 Å². The molecule has 1 N–H and O–H groups in total. The summed E-state index contributed by atoms with van der Waals surface area (Å²) in [6.45, 7) is 4.06. The summed E-state index contributed by atoms with van der Waals surface area (Å²) in [5, 5.41) is 3.04. The number of carbonyl (C=O) groups excluding carboxylic acids is 1. The van der Waals surface area contributed by atoms with E-state index in [1.165, 1.54) is 37.0 Å². The third-order valence-corrected chi connectivity index (χ3v) is 5.58. The van der Waals surface area contributed by atoms with Crippen LogP contribution < -0.4 is 5.32 Å². The maximum absolute atomic E-state index is 12.0. The molecule has 0 aliphatic carbocycles. The average molecular weight is 406 g/mol. The molecule has 0 radical (unpaired) electrons. The number of carbonyl (C=O) groups is 1. The number of nitrogens with zero attached hydrogens (tertiary/aromatic N) is 2. The van der Waals surface area contributed by atoms with Crippen LogP contribution in [0.5, 0.6) is 0 Å². The molecule has 1 amide bonds. The van der Waals surface area contributed by atoms with Gasteiger partial charge >= 0.3 is 0 Å². The van der Waals surface area contributed by atoms with E-state index in [9.17, 15) is 4.79 Å². The Bertz CT molecular complexity index is 901. The Balaban J connectivity index is 1.41. The lowest BCUT2D eigenvalue weighted by Crippen LogP contribution is -2.26. The fourth-order valence-corrected chi connectivity index (χ4v) is 3.92. The molecule has 0 saturated carbocycles. The van der Waals surface area contributed by atoms with Gasteiger partial charge < -0.3 is 9.88 Å². The van der Waals surface area contributed by atoms with E-state index >= 15 is 0 Å². The van der Waals surface area contributed by atoms with Crippen molar-refractivity contribution in [1.82, 2.24) is 14.9 Å². The summed E-state index contributed by atoms with van der Waals surface area (Å²) in [4.78, 5) is 16.9. The van der Waals surface area contributed by atoms with Crippen molar-refractivity contribution in [1.29, 1.82) is 0 Å². The molecule has 0 atom stereocenters. The monoisotopic (exact) mass is 405 g/mol. The Kier molecular flexibility index (Phi) is 8.95.